The van der Waals surface area contributed by atoms with Gasteiger partial charge in [0, 0.05) is 20.3 Å². The van der Waals surface area contributed by atoms with Crippen molar-refractivity contribution < 1.29 is 13.9 Å². The molecule has 0 N–H and O–H groups in total. The number of alkyl halides is 1. The monoisotopic (exact) mass is 202 g/mol. The molecule has 0 saturated heterocycles. The number of hydrogen-bond acceptors (Lipinski definition) is 2. The zero-order valence-corrected chi connectivity index (χ0v) is 9.01. The molecular formula is C11H19FO2. The van der Waals surface area contributed by atoms with Crippen LogP contribution in [0.5, 0.6) is 0 Å². The third-order valence-corrected chi connectivity index (χ3v) is 2.73. The third-order valence-electron chi connectivity index (χ3n) is 2.73. The Bertz CT molecular complexity index is 195. The maximum atomic E-state index is 13.7. The summed E-state index contributed by atoms with van der Waals surface area (Å²) in [5.74, 6) is -1.92. The molecule has 0 aliphatic heterocycles. The maximum Gasteiger partial charge on any atom is 0.305 e. The fraction of sp³-hybridized carbons (Fsp3) is 0.909. The van der Waals surface area contributed by atoms with Gasteiger partial charge in [0.25, 0.3) is 0 Å². The molecule has 0 aromatic rings. The summed E-state index contributed by atoms with van der Waals surface area (Å²) in [7, 11) is 0. The highest BCUT2D eigenvalue weighted by molar-refractivity contribution is 5.66. The smallest absolute Gasteiger partial charge is 0.305 e. The molecule has 82 valence electrons. The molecule has 0 heterocycles. The van der Waals surface area contributed by atoms with Crippen LogP contribution in [0.3, 0.4) is 0 Å². The summed E-state index contributed by atoms with van der Waals surface area (Å²) in [5.41, 5.74) is 0. The fourth-order valence-corrected chi connectivity index (χ4v) is 2.25. The van der Waals surface area contributed by atoms with Crippen molar-refractivity contribution in [1.29, 1.82) is 0 Å². The summed E-state index contributed by atoms with van der Waals surface area (Å²) in [6.07, 6.45) is 6.11. The minimum atomic E-state index is -1.77. The van der Waals surface area contributed by atoms with Gasteiger partial charge in [-0.3, -0.25) is 4.79 Å². The minimum absolute atomic E-state index is 0.354. The highest BCUT2D eigenvalue weighted by Crippen LogP contribution is 2.32. The lowest BCUT2D eigenvalue weighted by molar-refractivity contribution is -0.179. The average Bonchev–Trinajstić information content (AvgIpc) is 2.02. The largest absolute Gasteiger partial charge is 0.429 e. The molecule has 0 bridgehead atoms. The summed E-state index contributed by atoms with van der Waals surface area (Å²) in [4.78, 5) is 10.6. The van der Waals surface area contributed by atoms with Crippen LogP contribution in [-0.2, 0) is 9.53 Å². The summed E-state index contributed by atoms with van der Waals surface area (Å²) < 4.78 is 18.3. The summed E-state index contributed by atoms with van der Waals surface area (Å²) >= 11 is 0. The van der Waals surface area contributed by atoms with E-state index in [9.17, 15) is 9.18 Å². The average molecular weight is 202 g/mol. The van der Waals surface area contributed by atoms with Gasteiger partial charge in [0.15, 0.2) is 0 Å². The molecule has 0 spiro atoms. The van der Waals surface area contributed by atoms with Crippen molar-refractivity contribution in [3.05, 3.63) is 0 Å². The van der Waals surface area contributed by atoms with Crippen LogP contribution < -0.4 is 0 Å². The minimum Gasteiger partial charge on any atom is -0.429 e. The number of esters is 1. The first kappa shape index (κ1) is 11.5. The Morgan fingerprint density at radius 3 is 2.50 bits per heavy atom. The molecule has 1 fully saturated rings. The first-order chi connectivity index (χ1) is 6.49. The van der Waals surface area contributed by atoms with Crippen molar-refractivity contribution in [3.8, 4) is 0 Å². The Hall–Kier alpha value is -0.600. The van der Waals surface area contributed by atoms with Crippen LogP contribution >= 0.6 is 0 Å². The number of carbonyl (C=O) groups is 1. The Morgan fingerprint density at radius 1 is 1.43 bits per heavy atom. The van der Waals surface area contributed by atoms with E-state index in [1.807, 2.05) is 0 Å². The molecule has 0 aromatic heterocycles. The second-order valence-electron chi connectivity index (χ2n) is 4.40. The summed E-state index contributed by atoms with van der Waals surface area (Å²) in [6, 6.07) is 0. The van der Waals surface area contributed by atoms with Gasteiger partial charge >= 0.3 is 5.97 Å². The SMILES string of the molecule is CC(=O)OC(C)(F)CC1CCCCC1. The van der Waals surface area contributed by atoms with E-state index in [0.29, 0.717) is 12.3 Å². The van der Waals surface area contributed by atoms with Crippen LogP contribution in [-0.4, -0.2) is 11.8 Å². The number of rotatable bonds is 3. The Labute approximate surface area is 84.8 Å². The van der Waals surface area contributed by atoms with Crippen molar-refractivity contribution in [3.63, 3.8) is 0 Å². The van der Waals surface area contributed by atoms with Crippen molar-refractivity contribution in [2.24, 2.45) is 5.92 Å². The second kappa shape index (κ2) is 4.76. The van der Waals surface area contributed by atoms with E-state index in [-0.39, 0.29) is 0 Å². The zero-order chi connectivity index (χ0) is 10.6. The lowest BCUT2D eigenvalue weighted by atomic mass is 9.85. The molecule has 1 aliphatic rings. The van der Waals surface area contributed by atoms with Gasteiger partial charge in [-0.25, -0.2) is 0 Å². The van der Waals surface area contributed by atoms with Gasteiger partial charge in [-0.2, -0.15) is 4.39 Å². The predicted molar refractivity (Wildman–Crippen MR) is 52.5 cm³/mol. The Morgan fingerprint density at radius 2 is 2.00 bits per heavy atom. The molecule has 14 heavy (non-hydrogen) atoms. The third kappa shape index (κ3) is 4.07. The molecule has 3 heteroatoms. The quantitative estimate of drug-likeness (QED) is 0.657. The number of halogens is 1. The van der Waals surface area contributed by atoms with Crippen LogP contribution in [0.4, 0.5) is 4.39 Å². The lowest BCUT2D eigenvalue weighted by Gasteiger charge is -2.28. The zero-order valence-electron chi connectivity index (χ0n) is 9.01. The number of ether oxygens (including phenoxy) is 1. The second-order valence-corrected chi connectivity index (χ2v) is 4.40. The van der Waals surface area contributed by atoms with Gasteiger partial charge in [0.05, 0.1) is 0 Å². The van der Waals surface area contributed by atoms with Gasteiger partial charge < -0.3 is 4.74 Å². The van der Waals surface area contributed by atoms with Crippen molar-refractivity contribution in [1.82, 2.24) is 0 Å². The van der Waals surface area contributed by atoms with E-state index in [1.54, 1.807) is 0 Å². The number of carbonyl (C=O) groups excluding carboxylic acids is 1. The van der Waals surface area contributed by atoms with Crippen LogP contribution in [0, 0.1) is 5.92 Å². The van der Waals surface area contributed by atoms with Crippen molar-refractivity contribution >= 4 is 5.97 Å². The highest BCUT2D eigenvalue weighted by atomic mass is 19.2. The first-order valence-electron chi connectivity index (χ1n) is 5.38. The number of hydrogen-bond donors (Lipinski definition) is 0. The fourth-order valence-electron chi connectivity index (χ4n) is 2.25. The van der Waals surface area contributed by atoms with Gasteiger partial charge in [0.1, 0.15) is 0 Å². The normalized spacial score (nSPS) is 22.8. The van der Waals surface area contributed by atoms with Crippen molar-refractivity contribution in [2.45, 2.75) is 58.2 Å². The van der Waals surface area contributed by atoms with E-state index in [0.717, 1.165) is 12.8 Å². The molecule has 0 radical (unpaired) electrons. The van der Waals surface area contributed by atoms with E-state index in [1.165, 1.54) is 33.1 Å². The molecule has 1 unspecified atom stereocenters. The maximum absolute atomic E-state index is 13.7. The molecule has 0 aromatic carbocycles. The molecule has 2 nitrogen and oxygen atoms in total. The van der Waals surface area contributed by atoms with Crippen LogP contribution in [0.25, 0.3) is 0 Å². The summed E-state index contributed by atoms with van der Waals surface area (Å²) in [6.45, 7) is 2.60. The van der Waals surface area contributed by atoms with Gasteiger partial charge in [-0.15, -0.1) is 0 Å². The topological polar surface area (TPSA) is 26.3 Å². The molecule has 1 saturated carbocycles. The molecule has 1 rings (SSSR count). The van der Waals surface area contributed by atoms with Gasteiger partial charge in [0.2, 0.25) is 5.85 Å². The Kier molecular flexibility index (Phi) is 3.90. The Balaban J connectivity index is 2.36. The molecule has 1 aliphatic carbocycles. The van der Waals surface area contributed by atoms with E-state index < -0.39 is 11.8 Å². The molecule has 0 amide bonds. The standard InChI is InChI=1S/C11H19FO2/c1-9(13)14-11(2,12)8-10-6-4-3-5-7-10/h10H,3-8H2,1-2H3. The van der Waals surface area contributed by atoms with E-state index in [2.05, 4.69) is 4.74 Å². The molecular weight excluding hydrogens is 183 g/mol. The van der Waals surface area contributed by atoms with Gasteiger partial charge in [-0.05, 0) is 5.92 Å². The predicted octanol–water partition coefficient (Wildman–Crippen LogP) is 3.21. The van der Waals surface area contributed by atoms with E-state index >= 15 is 0 Å². The van der Waals surface area contributed by atoms with Crippen LogP contribution in [0.15, 0.2) is 0 Å². The lowest BCUT2D eigenvalue weighted by Crippen LogP contribution is -2.29. The highest BCUT2D eigenvalue weighted by Gasteiger charge is 2.31. The van der Waals surface area contributed by atoms with Gasteiger partial charge in [-0.1, -0.05) is 32.1 Å². The first-order valence-corrected chi connectivity index (χ1v) is 5.38. The summed E-state index contributed by atoms with van der Waals surface area (Å²) in [5, 5.41) is 0. The van der Waals surface area contributed by atoms with Crippen LogP contribution in [0.2, 0.25) is 0 Å². The van der Waals surface area contributed by atoms with E-state index in [4.69, 9.17) is 0 Å². The van der Waals surface area contributed by atoms with Crippen molar-refractivity contribution in [2.75, 3.05) is 0 Å². The molecule has 1 atom stereocenters. The van der Waals surface area contributed by atoms with Crippen LogP contribution in [0.1, 0.15) is 52.4 Å².